The molecule has 2 aromatic rings. The Morgan fingerprint density at radius 3 is 2.68 bits per heavy atom. The third-order valence-electron chi connectivity index (χ3n) is 5.87. The number of nitrogens with zero attached hydrogens (tertiary/aromatic N) is 2. The van der Waals surface area contributed by atoms with Gasteiger partial charge in [0, 0.05) is 31.3 Å². The fourth-order valence-electron chi connectivity index (χ4n) is 4.39. The molecular formula is C23H26N2O3. The Kier molecular flexibility index (Phi) is 5.18. The quantitative estimate of drug-likeness (QED) is 0.892. The van der Waals surface area contributed by atoms with Crippen LogP contribution in [0.5, 0.6) is 0 Å². The Bertz CT molecular complexity index is 908. The van der Waals surface area contributed by atoms with Crippen LogP contribution in [0.3, 0.4) is 0 Å². The summed E-state index contributed by atoms with van der Waals surface area (Å²) in [5.74, 6) is 0.0597. The van der Waals surface area contributed by atoms with Crippen molar-refractivity contribution in [2.24, 2.45) is 0 Å². The molecule has 1 N–H and O–H groups in total. The summed E-state index contributed by atoms with van der Waals surface area (Å²) in [4.78, 5) is 28.4. The molecule has 4 rings (SSSR count). The Morgan fingerprint density at radius 1 is 1.07 bits per heavy atom. The summed E-state index contributed by atoms with van der Waals surface area (Å²) in [6.07, 6.45) is 3.72. The van der Waals surface area contributed by atoms with Gasteiger partial charge in [0.2, 0.25) is 5.91 Å². The van der Waals surface area contributed by atoms with Crippen LogP contribution < -0.4 is 4.90 Å². The molecule has 1 atom stereocenters. The van der Waals surface area contributed by atoms with Crippen molar-refractivity contribution in [3.05, 3.63) is 53.6 Å². The van der Waals surface area contributed by atoms with Crippen molar-refractivity contribution in [2.75, 3.05) is 24.6 Å². The SMILES string of the molecule is CC(=O)N1CCCc2cc(-c3cccc(C(=O)N4CCC[C@H]4CO)c3)ccc21. The number of benzene rings is 2. The topological polar surface area (TPSA) is 60.9 Å². The van der Waals surface area contributed by atoms with E-state index in [1.165, 1.54) is 5.56 Å². The molecule has 2 aromatic carbocycles. The van der Waals surface area contributed by atoms with E-state index in [1.54, 1.807) is 11.8 Å². The Hall–Kier alpha value is -2.66. The monoisotopic (exact) mass is 378 g/mol. The van der Waals surface area contributed by atoms with Gasteiger partial charge >= 0.3 is 0 Å². The minimum Gasteiger partial charge on any atom is -0.394 e. The lowest BCUT2D eigenvalue weighted by atomic mass is 9.95. The lowest BCUT2D eigenvalue weighted by Gasteiger charge is -2.29. The van der Waals surface area contributed by atoms with Crippen LogP contribution in [0.2, 0.25) is 0 Å². The number of aliphatic hydroxyl groups excluding tert-OH is 1. The van der Waals surface area contributed by atoms with Gasteiger partial charge in [-0.15, -0.1) is 0 Å². The molecule has 2 aliphatic heterocycles. The van der Waals surface area contributed by atoms with Crippen molar-refractivity contribution < 1.29 is 14.7 Å². The maximum absolute atomic E-state index is 12.9. The van der Waals surface area contributed by atoms with Gasteiger partial charge in [-0.3, -0.25) is 9.59 Å². The first-order valence-corrected chi connectivity index (χ1v) is 10.0. The summed E-state index contributed by atoms with van der Waals surface area (Å²) in [5, 5.41) is 9.52. The van der Waals surface area contributed by atoms with Crippen LogP contribution in [0, 0.1) is 0 Å². The van der Waals surface area contributed by atoms with Crippen LogP contribution in [-0.2, 0) is 11.2 Å². The number of likely N-dealkylation sites (tertiary alicyclic amines) is 1. The smallest absolute Gasteiger partial charge is 0.254 e. The molecule has 2 aliphatic rings. The highest BCUT2D eigenvalue weighted by Gasteiger charge is 2.29. The van der Waals surface area contributed by atoms with Gasteiger partial charge in [0.15, 0.2) is 0 Å². The first-order chi connectivity index (χ1) is 13.6. The summed E-state index contributed by atoms with van der Waals surface area (Å²) in [6, 6.07) is 13.8. The number of aryl methyl sites for hydroxylation is 1. The van der Waals surface area contributed by atoms with E-state index in [-0.39, 0.29) is 24.5 Å². The molecule has 5 heteroatoms. The molecule has 0 spiro atoms. The number of hydrogen-bond acceptors (Lipinski definition) is 3. The average Bonchev–Trinajstić information content (AvgIpc) is 3.21. The third kappa shape index (κ3) is 3.42. The van der Waals surface area contributed by atoms with Gasteiger partial charge in [-0.25, -0.2) is 0 Å². The molecular weight excluding hydrogens is 352 g/mol. The van der Waals surface area contributed by atoms with E-state index in [2.05, 4.69) is 6.07 Å². The molecule has 0 unspecified atom stereocenters. The van der Waals surface area contributed by atoms with E-state index in [0.717, 1.165) is 49.0 Å². The Labute approximate surface area is 165 Å². The number of aliphatic hydroxyl groups is 1. The normalized spacial score (nSPS) is 18.9. The fraction of sp³-hybridized carbons (Fsp3) is 0.391. The Balaban J connectivity index is 1.63. The highest BCUT2D eigenvalue weighted by molar-refractivity contribution is 5.96. The zero-order valence-corrected chi connectivity index (χ0v) is 16.2. The van der Waals surface area contributed by atoms with Crippen LogP contribution >= 0.6 is 0 Å². The van der Waals surface area contributed by atoms with E-state index < -0.39 is 0 Å². The number of carbonyl (C=O) groups is 2. The maximum Gasteiger partial charge on any atom is 0.254 e. The van der Waals surface area contributed by atoms with Crippen molar-refractivity contribution in [1.29, 1.82) is 0 Å². The molecule has 0 aromatic heterocycles. The van der Waals surface area contributed by atoms with Gasteiger partial charge in [0.05, 0.1) is 12.6 Å². The third-order valence-corrected chi connectivity index (χ3v) is 5.87. The van der Waals surface area contributed by atoms with E-state index >= 15 is 0 Å². The maximum atomic E-state index is 12.9. The van der Waals surface area contributed by atoms with Crippen molar-refractivity contribution in [3.8, 4) is 11.1 Å². The van der Waals surface area contributed by atoms with Gasteiger partial charge in [0.25, 0.3) is 5.91 Å². The number of carbonyl (C=O) groups excluding carboxylic acids is 2. The van der Waals surface area contributed by atoms with Crippen molar-refractivity contribution in [3.63, 3.8) is 0 Å². The first kappa shape index (κ1) is 18.7. The number of fused-ring (bicyclic) bond motifs is 1. The van der Waals surface area contributed by atoms with E-state index in [4.69, 9.17) is 0 Å². The Morgan fingerprint density at radius 2 is 1.89 bits per heavy atom. The van der Waals surface area contributed by atoms with Crippen molar-refractivity contribution >= 4 is 17.5 Å². The highest BCUT2D eigenvalue weighted by Crippen LogP contribution is 2.32. The molecule has 1 fully saturated rings. The molecule has 0 bridgehead atoms. The minimum atomic E-state index is -0.0718. The van der Waals surface area contributed by atoms with Crippen molar-refractivity contribution in [2.45, 2.75) is 38.6 Å². The molecule has 0 aliphatic carbocycles. The second kappa shape index (κ2) is 7.76. The van der Waals surface area contributed by atoms with Gasteiger partial charge in [-0.05, 0) is 66.6 Å². The van der Waals surface area contributed by atoms with Gasteiger partial charge in [-0.1, -0.05) is 18.2 Å². The van der Waals surface area contributed by atoms with E-state index in [9.17, 15) is 14.7 Å². The van der Waals surface area contributed by atoms with E-state index in [1.807, 2.05) is 41.3 Å². The van der Waals surface area contributed by atoms with E-state index in [0.29, 0.717) is 12.1 Å². The lowest BCUT2D eigenvalue weighted by molar-refractivity contribution is -0.116. The molecule has 2 amide bonds. The second-order valence-electron chi connectivity index (χ2n) is 7.68. The van der Waals surface area contributed by atoms with Gasteiger partial charge < -0.3 is 14.9 Å². The summed E-state index contributed by atoms with van der Waals surface area (Å²) < 4.78 is 0. The first-order valence-electron chi connectivity index (χ1n) is 10.0. The molecule has 146 valence electrons. The lowest BCUT2D eigenvalue weighted by Crippen LogP contribution is -2.37. The minimum absolute atomic E-state index is 0.0147. The average molecular weight is 378 g/mol. The van der Waals surface area contributed by atoms with Gasteiger partial charge in [0.1, 0.15) is 0 Å². The summed E-state index contributed by atoms with van der Waals surface area (Å²) in [5.41, 5.74) is 4.88. The van der Waals surface area contributed by atoms with Crippen molar-refractivity contribution in [1.82, 2.24) is 4.90 Å². The number of hydrogen-bond donors (Lipinski definition) is 1. The molecule has 28 heavy (non-hydrogen) atoms. The highest BCUT2D eigenvalue weighted by atomic mass is 16.3. The molecule has 0 radical (unpaired) electrons. The van der Waals surface area contributed by atoms with Crippen LogP contribution in [0.1, 0.15) is 42.1 Å². The van der Waals surface area contributed by atoms with Crippen LogP contribution in [-0.4, -0.2) is 47.6 Å². The number of rotatable bonds is 3. The van der Waals surface area contributed by atoms with Gasteiger partial charge in [-0.2, -0.15) is 0 Å². The largest absolute Gasteiger partial charge is 0.394 e. The zero-order chi connectivity index (χ0) is 19.7. The fourth-order valence-corrected chi connectivity index (χ4v) is 4.39. The summed E-state index contributed by atoms with van der Waals surface area (Å²) >= 11 is 0. The molecule has 5 nitrogen and oxygen atoms in total. The molecule has 1 saturated heterocycles. The molecule has 2 heterocycles. The predicted octanol–water partition coefficient (Wildman–Crippen LogP) is 3.25. The summed E-state index contributed by atoms with van der Waals surface area (Å²) in [7, 11) is 0. The predicted molar refractivity (Wildman–Crippen MR) is 109 cm³/mol. The van der Waals surface area contributed by atoms with Crippen LogP contribution in [0.25, 0.3) is 11.1 Å². The summed E-state index contributed by atoms with van der Waals surface area (Å²) in [6.45, 7) is 3.10. The van der Waals surface area contributed by atoms with Crippen LogP contribution in [0.4, 0.5) is 5.69 Å². The van der Waals surface area contributed by atoms with Crippen LogP contribution in [0.15, 0.2) is 42.5 Å². The zero-order valence-electron chi connectivity index (χ0n) is 16.2. The number of amides is 2. The molecule has 0 saturated carbocycles. The number of anilines is 1. The standard InChI is InChI=1S/C23H26N2O3/c1-16(27)24-11-3-7-19-13-18(9-10-22(19)24)17-5-2-6-20(14-17)23(28)25-12-4-8-21(25)15-26/h2,5-6,9-10,13-14,21,26H,3-4,7-8,11-12,15H2,1H3/t21-/m0/s1. The second-order valence-corrected chi connectivity index (χ2v) is 7.68.